The van der Waals surface area contributed by atoms with E-state index in [4.69, 9.17) is 0 Å². The van der Waals surface area contributed by atoms with Crippen LogP contribution in [0.3, 0.4) is 0 Å². The molecule has 0 aromatic heterocycles. The highest BCUT2D eigenvalue weighted by Crippen LogP contribution is 2.46. The fourth-order valence-corrected chi connectivity index (χ4v) is 5.70. The van der Waals surface area contributed by atoms with Gasteiger partial charge < -0.3 is 14.8 Å². The van der Waals surface area contributed by atoms with Crippen molar-refractivity contribution in [3.8, 4) is 11.5 Å². The minimum Gasteiger partial charge on any atom is -0.508 e. The lowest BCUT2D eigenvalue weighted by Crippen LogP contribution is -2.27. The SMILES string of the molecule is O=P(c1cccc(O)c1)(c1cccc(O)c1)c1cc(C(F)(F)F)cc(C(F)(F)F)c1. The fourth-order valence-electron chi connectivity index (χ4n) is 2.95. The van der Waals surface area contributed by atoms with Crippen LogP contribution in [0.4, 0.5) is 26.3 Å². The number of halogens is 6. The molecular weight excluding hydrogens is 433 g/mol. The third-order valence-electron chi connectivity index (χ3n) is 4.32. The number of benzene rings is 3. The zero-order valence-corrected chi connectivity index (χ0v) is 15.8. The van der Waals surface area contributed by atoms with Crippen LogP contribution in [-0.2, 0) is 16.9 Å². The molecular formula is C20H13F6O3P. The van der Waals surface area contributed by atoms with Crippen LogP contribution in [0, 0.1) is 0 Å². The van der Waals surface area contributed by atoms with Gasteiger partial charge in [0.15, 0.2) is 7.14 Å². The Labute approximate surface area is 166 Å². The molecule has 0 fully saturated rings. The lowest BCUT2D eigenvalue weighted by Gasteiger charge is -2.23. The molecule has 0 saturated heterocycles. The summed E-state index contributed by atoms with van der Waals surface area (Å²) in [5.74, 6) is -0.758. The Hall–Kier alpha value is -2.93. The van der Waals surface area contributed by atoms with Crippen LogP contribution < -0.4 is 15.9 Å². The van der Waals surface area contributed by atoms with Crippen molar-refractivity contribution in [3.63, 3.8) is 0 Å². The molecule has 158 valence electrons. The van der Waals surface area contributed by atoms with Crippen LogP contribution in [0.5, 0.6) is 11.5 Å². The Morgan fingerprint density at radius 1 is 0.600 bits per heavy atom. The van der Waals surface area contributed by atoms with Gasteiger partial charge in [-0.25, -0.2) is 0 Å². The van der Waals surface area contributed by atoms with Crippen LogP contribution in [0.15, 0.2) is 66.7 Å². The number of phenolic OH excluding ortho intramolecular Hbond substituents is 2. The number of phenols is 2. The molecule has 0 aliphatic rings. The van der Waals surface area contributed by atoms with Crippen molar-refractivity contribution < 1.29 is 41.1 Å². The first kappa shape index (κ1) is 21.8. The maximum absolute atomic E-state index is 14.1. The molecule has 2 N–H and O–H groups in total. The van der Waals surface area contributed by atoms with Crippen molar-refractivity contribution in [1.82, 2.24) is 0 Å². The average Bonchev–Trinajstić information content (AvgIpc) is 2.65. The van der Waals surface area contributed by atoms with Gasteiger partial charge in [-0.15, -0.1) is 0 Å². The second-order valence-corrected chi connectivity index (χ2v) is 9.18. The Morgan fingerprint density at radius 3 is 1.33 bits per heavy atom. The molecule has 0 saturated carbocycles. The molecule has 3 nitrogen and oxygen atoms in total. The lowest BCUT2D eigenvalue weighted by molar-refractivity contribution is -0.142. The first-order valence-corrected chi connectivity index (χ1v) is 10.0. The number of alkyl halides is 6. The predicted octanol–water partition coefficient (Wildman–Crippen LogP) is 4.77. The molecule has 0 heterocycles. The zero-order chi connectivity index (χ0) is 22.3. The van der Waals surface area contributed by atoms with Crippen molar-refractivity contribution in [2.24, 2.45) is 0 Å². The van der Waals surface area contributed by atoms with E-state index in [-0.39, 0.29) is 28.2 Å². The summed E-state index contributed by atoms with van der Waals surface area (Å²) in [6, 6.07) is 10.1. The molecule has 0 radical (unpaired) electrons. The van der Waals surface area contributed by atoms with E-state index in [0.717, 1.165) is 12.1 Å². The molecule has 3 rings (SSSR count). The van der Waals surface area contributed by atoms with E-state index in [1.165, 1.54) is 36.4 Å². The Morgan fingerprint density at radius 2 is 1.00 bits per heavy atom. The van der Waals surface area contributed by atoms with E-state index in [1.807, 2.05) is 0 Å². The molecule has 0 aliphatic heterocycles. The van der Waals surface area contributed by atoms with Gasteiger partial charge in [0.25, 0.3) is 0 Å². The van der Waals surface area contributed by atoms with Gasteiger partial charge in [-0.2, -0.15) is 26.3 Å². The topological polar surface area (TPSA) is 57.5 Å². The van der Waals surface area contributed by atoms with Crippen molar-refractivity contribution in [1.29, 1.82) is 0 Å². The largest absolute Gasteiger partial charge is 0.508 e. The highest BCUT2D eigenvalue weighted by Gasteiger charge is 2.40. The van der Waals surface area contributed by atoms with Gasteiger partial charge >= 0.3 is 12.4 Å². The van der Waals surface area contributed by atoms with E-state index in [2.05, 4.69) is 0 Å². The quantitative estimate of drug-likeness (QED) is 0.450. The van der Waals surface area contributed by atoms with Crippen molar-refractivity contribution in [2.45, 2.75) is 12.4 Å². The monoisotopic (exact) mass is 446 g/mol. The number of aromatic hydroxyl groups is 2. The van der Waals surface area contributed by atoms with Crippen molar-refractivity contribution in [3.05, 3.63) is 77.9 Å². The van der Waals surface area contributed by atoms with Crippen LogP contribution in [0.1, 0.15) is 11.1 Å². The molecule has 0 bridgehead atoms. The van der Waals surface area contributed by atoms with E-state index < -0.39 is 35.9 Å². The molecule has 0 aliphatic carbocycles. The summed E-state index contributed by atoms with van der Waals surface area (Å²) >= 11 is 0. The highest BCUT2D eigenvalue weighted by atomic mass is 31.2. The molecule has 3 aromatic carbocycles. The molecule has 0 unspecified atom stereocenters. The molecule has 0 spiro atoms. The van der Waals surface area contributed by atoms with Crippen molar-refractivity contribution in [2.75, 3.05) is 0 Å². The second-order valence-electron chi connectivity index (χ2n) is 6.41. The number of hydrogen-bond acceptors (Lipinski definition) is 3. The molecule has 10 heteroatoms. The van der Waals surface area contributed by atoms with Gasteiger partial charge in [0, 0.05) is 15.9 Å². The van der Waals surface area contributed by atoms with Gasteiger partial charge in [-0.05, 0) is 42.5 Å². The third-order valence-corrected chi connectivity index (χ3v) is 7.32. The summed E-state index contributed by atoms with van der Waals surface area (Å²) < 4.78 is 94.0. The highest BCUT2D eigenvalue weighted by molar-refractivity contribution is 7.85. The van der Waals surface area contributed by atoms with Crippen LogP contribution in [0.2, 0.25) is 0 Å². The van der Waals surface area contributed by atoms with Crippen LogP contribution >= 0.6 is 7.14 Å². The average molecular weight is 446 g/mol. The maximum Gasteiger partial charge on any atom is 0.416 e. The number of hydrogen-bond donors (Lipinski definition) is 2. The van der Waals surface area contributed by atoms with Gasteiger partial charge in [0.2, 0.25) is 0 Å². The number of rotatable bonds is 3. The first-order chi connectivity index (χ1) is 13.8. The summed E-state index contributed by atoms with van der Waals surface area (Å²) in [4.78, 5) is 0. The molecule has 0 amide bonds. The Bertz CT molecular complexity index is 1060. The summed E-state index contributed by atoms with van der Waals surface area (Å²) in [6.07, 6.45) is -10.3. The standard InChI is InChI=1S/C20H13F6O3P/c21-19(22,23)12-7-13(20(24,25)26)9-18(8-12)30(29,16-5-1-3-14(27)10-16)17-6-2-4-15(28)11-17/h1-11,27-28H. The molecule has 0 atom stereocenters. The summed E-state index contributed by atoms with van der Waals surface area (Å²) in [7, 11) is -4.34. The first-order valence-electron chi connectivity index (χ1n) is 8.31. The van der Waals surface area contributed by atoms with E-state index >= 15 is 0 Å². The lowest BCUT2D eigenvalue weighted by atomic mass is 10.1. The van der Waals surface area contributed by atoms with Gasteiger partial charge in [-0.3, -0.25) is 0 Å². The normalized spacial score (nSPS) is 12.7. The maximum atomic E-state index is 14.1. The molecule has 3 aromatic rings. The fraction of sp³-hybridized carbons (Fsp3) is 0.100. The van der Waals surface area contributed by atoms with Gasteiger partial charge in [0.05, 0.1) is 11.1 Å². The Kier molecular flexibility index (Phi) is 5.37. The minimum absolute atomic E-state index is 0.0568. The third kappa shape index (κ3) is 4.16. The summed E-state index contributed by atoms with van der Waals surface area (Å²) in [5.41, 5.74) is -3.24. The van der Waals surface area contributed by atoms with Crippen LogP contribution in [0.25, 0.3) is 0 Å². The summed E-state index contributed by atoms with van der Waals surface area (Å²) in [5, 5.41) is 18.4. The summed E-state index contributed by atoms with van der Waals surface area (Å²) in [6.45, 7) is 0. The van der Waals surface area contributed by atoms with Crippen LogP contribution in [-0.4, -0.2) is 10.2 Å². The van der Waals surface area contributed by atoms with Crippen molar-refractivity contribution >= 4 is 23.1 Å². The molecule has 30 heavy (non-hydrogen) atoms. The second kappa shape index (κ2) is 7.40. The van der Waals surface area contributed by atoms with E-state index in [0.29, 0.717) is 12.1 Å². The smallest absolute Gasteiger partial charge is 0.416 e. The van der Waals surface area contributed by atoms with Gasteiger partial charge in [0.1, 0.15) is 11.5 Å². The van der Waals surface area contributed by atoms with E-state index in [1.54, 1.807) is 0 Å². The van der Waals surface area contributed by atoms with Gasteiger partial charge in [-0.1, -0.05) is 24.3 Å². The van der Waals surface area contributed by atoms with E-state index in [9.17, 15) is 41.1 Å². The predicted molar refractivity (Wildman–Crippen MR) is 99.2 cm³/mol. The zero-order valence-electron chi connectivity index (χ0n) is 14.9. The Balaban J connectivity index is 2.42. The minimum atomic E-state index is -5.13.